The lowest BCUT2D eigenvalue weighted by molar-refractivity contribution is -0.144. The molecule has 7 heteroatoms. The van der Waals surface area contributed by atoms with E-state index in [2.05, 4.69) is 10.6 Å². The van der Waals surface area contributed by atoms with E-state index in [1.165, 1.54) is 5.56 Å². The van der Waals surface area contributed by atoms with Crippen molar-refractivity contribution in [2.45, 2.75) is 49.9 Å². The van der Waals surface area contributed by atoms with Crippen LogP contribution in [0.2, 0.25) is 0 Å². The average molecular weight is 378 g/mol. The largest absolute Gasteiger partial charge is 0.490 e. The molecule has 0 bridgehead atoms. The molecule has 1 aromatic carbocycles. The lowest BCUT2D eigenvalue weighted by atomic mass is 10.0. The first-order chi connectivity index (χ1) is 12.6. The molecule has 2 aliphatic heterocycles. The second-order valence-corrected chi connectivity index (χ2v) is 8.02. The predicted molar refractivity (Wildman–Crippen MR) is 102 cm³/mol. The van der Waals surface area contributed by atoms with Crippen molar-refractivity contribution in [2.24, 2.45) is 0 Å². The summed E-state index contributed by atoms with van der Waals surface area (Å²) in [6.07, 6.45) is 3.22. The zero-order valence-corrected chi connectivity index (χ0v) is 15.8. The number of hydrogen-bond acceptors (Lipinski definition) is 5. The molecule has 0 spiro atoms. The third-order valence-corrected chi connectivity index (χ3v) is 6.20. The molecule has 2 aliphatic rings. The molecule has 26 heavy (non-hydrogen) atoms. The molecule has 3 atom stereocenters. The maximum absolute atomic E-state index is 11.8. The molecule has 142 valence electrons. The topological polar surface area (TPSA) is 76.7 Å². The first-order valence-electron chi connectivity index (χ1n) is 9.15. The Balaban J connectivity index is 1.22. The number of hydrogen-bond donors (Lipinski definition) is 2. The zero-order valence-electron chi connectivity index (χ0n) is 15.0. The van der Waals surface area contributed by atoms with Gasteiger partial charge in [-0.1, -0.05) is 24.1 Å². The zero-order chi connectivity index (χ0) is 18.4. The van der Waals surface area contributed by atoms with Crippen molar-refractivity contribution in [3.63, 3.8) is 0 Å². The van der Waals surface area contributed by atoms with E-state index >= 15 is 0 Å². The lowest BCUT2D eigenvalue weighted by Crippen LogP contribution is -2.36. The van der Waals surface area contributed by atoms with Gasteiger partial charge in [0.1, 0.15) is 19.0 Å². The number of ether oxygens (including phenoxy) is 2. The number of fused-ring (bicyclic) bond motifs is 1. The highest BCUT2D eigenvalue weighted by molar-refractivity contribution is 8.00. The number of nitrogens with one attached hydrogen (secondary N) is 2. The van der Waals surface area contributed by atoms with Gasteiger partial charge in [-0.25, -0.2) is 4.79 Å². The minimum atomic E-state index is -0.176. The number of amides is 2. The summed E-state index contributed by atoms with van der Waals surface area (Å²) in [5, 5.41) is 6.37. The SMILES string of the molecule is Cc1ccc(OCCOC(=O)CCCCC2SCC3NC(=O)N[C@H]32)cc1. The van der Waals surface area contributed by atoms with E-state index in [0.29, 0.717) is 18.3 Å². The smallest absolute Gasteiger partial charge is 0.315 e. The van der Waals surface area contributed by atoms with Gasteiger partial charge in [0, 0.05) is 17.4 Å². The first kappa shape index (κ1) is 18.9. The molecule has 3 rings (SSSR count). The van der Waals surface area contributed by atoms with Gasteiger partial charge in [0.15, 0.2) is 0 Å². The summed E-state index contributed by atoms with van der Waals surface area (Å²) >= 11 is 1.90. The van der Waals surface area contributed by atoms with Crippen LogP contribution in [0.1, 0.15) is 31.2 Å². The van der Waals surface area contributed by atoms with E-state index in [1.54, 1.807) is 0 Å². The molecule has 2 saturated heterocycles. The van der Waals surface area contributed by atoms with Crippen molar-refractivity contribution in [3.05, 3.63) is 29.8 Å². The number of urea groups is 1. The molecule has 0 radical (unpaired) electrons. The predicted octanol–water partition coefficient (Wildman–Crippen LogP) is 2.64. The Labute approximate surface area is 158 Å². The molecule has 2 fully saturated rings. The quantitative estimate of drug-likeness (QED) is 0.392. The van der Waals surface area contributed by atoms with Gasteiger partial charge in [0.2, 0.25) is 0 Å². The van der Waals surface area contributed by atoms with Gasteiger partial charge in [-0.05, 0) is 31.9 Å². The molecule has 2 N–H and O–H groups in total. The Hall–Kier alpha value is -1.89. The molecular formula is C19H26N2O4S. The molecule has 2 amide bonds. The molecule has 2 heterocycles. The summed E-state index contributed by atoms with van der Waals surface area (Å²) in [5.41, 5.74) is 1.18. The van der Waals surface area contributed by atoms with Gasteiger partial charge in [-0.2, -0.15) is 11.8 Å². The maximum atomic E-state index is 11.8. The van der Waals surface area contributed by atoms with Crippen LogP contribution in [0.3, 0.4) is 0 Å². The van der Waals surface area contributed by atoms with Crippen LogP contribution in [0, 0.1) is 6.92 Å². The number of esters is 1. The molecule has 6 nitrogen and oxygen atoms in total. The molecule has 0 aliphatic carbocycles. The van der Waals surface area contributed by atoms with Gasteiger partial charge < -0.3 is 20.1 Å². The Morgan fingerprint density at radius 1 is 1.19 bits per heavy atom. The van der Waals surface area contributed by atoms with Crippen LogP contribution in [-0.4, -0.2) is 48.3 Å². The first-order valence-corrected chi connectivity index (χ1v) is 10.2. The standard InChI is InChI=1S/C19H26N2O4S/c1-13-6-8-14(9-7-13)24-10-11-25-17(22)5-3-2-4-16-18-15(12-26-16)20-19(23)21-18/h6-9,15-16,18H,2-5,10-12H2,1H3,(H2,20,21,23)/t15?,16?,18-/m1/s1. The number of unbranched alkanes of at least 4 members (excludes halogenated alkanes) is 1. The van der Waals surface area contributed by atoms with Crippen LogP contribution < -0.4 is 15.4 Å². The van der Waals surface area contributed by atoms with E-state index in [4.69, 9.17) is 9.47 Å². The van der Waals surface area contributed by atoms with Crippen LogP contribution in [-0.2, 0) is 9.53 Å². The van der Waals surface area contributed by atoms with Crippen molar-refractivity contribution in [2.75, 3.05) is 19.0 Å². The number of carbonyl (C=O) groups is 2. The summed E-state index contributed by atoms with van der Waals surface area (Å²) in [7, 11) is 0. The van der Waals surface area contributed by atoms with Gasteiger partial charge in [-0.3, -0.25) is 4.79 Å². The summed E-state index contributed by atoms with van der Waals surface area (Å²) in [5.74, 6) is 1.58. The van der Waals surface area contributed by atoms with Crippen molar-refractivity contribution >= 4 is 23.8 Å². The summed E-state index contributed by atoms with van der Waals surface area (Å²) < 4.78 is 10.7. The van der Waals surface area contributed by atoms with Crippen LogP contribution in [0.4, 0.5) is 4.79 Å². The van der Waals surface area contributed by atoms with Crippen molar-refractivity contribution in [1.82, 2.24) is 10.6 Å². The van der Waals surface area contributed by atoms with E-state index in [-0.39, 0.29) is 30.7 Å². The number of thioether (sulfide) groups is 1. The third kappa shape index (κ3) is 5.30. The lowest BCUT2D eigenvalue weighted by Gasteiger charge is -2.16. The van der Waals surface area contributed by atoms with Gasteiger partial charge in [0.25, 0.3) is 0 Å². The monoisotopic (exact) mass is 378 g/mol. The molecule has 0 aromatic heterocycles. The second kappa shape index (κ2) is 9.16. The molecule has 1 aromatic rings. The fraction of sp³-hybridized carbons (Fsp3) is 0.579. The maximum Gasteiger partial charge on any atom is 0.315 e. The number of rotatable bonds is 9. The summed E-state index contributed by atoms with van der Waals surface area (Å²) in [4.78, 5) is 23.1. The van der Waals surface area contributed by atoms with E-state index in [9.17, 15) is 9.59 Å². The average Bonchev–Trinajstić information content (AvgIpc) is 3.17. The fourth-order valence-corrected chi connectivity index (χ4v) is 4.82. The highest BCUT2D eigenvalue weighted by Gasteiger charge is 2.42. The van der Waals surface area contributed by atoms with Gasteiger partial charge >= 0.3 is 12.0 Å². The Morgan fingerprint density at radius 3 is 2.81 bits per heavy atom. The fourth-order valence-electron chi connectivity index (χ4n) is 3.28. The second-order valence-electron chi connectivity index (χ2n) is 6.75. The Morgan fingerprint density at radius 2 is 2.00 bits per heavy atom. The molecular weight excluding hydrogens is 352 g/mol. The van der Waals surface area contributed by atoms with E-state index in [0.717, 1.165) is 30.8 Å². The molecule has 2 unspecified atom stereocenters. The van der Waals surface area contributed by atoms with Crippen LogP contribution >= 0.6 is 11.8 Å². The van der Waals surface area contributed by atoms with E-state index in [1.807, 2.05) is 43.0 Å². The van der Waals surface area contributed by atoms with E-state index < -0.39 is 0 Å². The van der Waals surface area contributed by atoms with Crippen LogP contribution in [0.25, 0.3) is 0 Å². The third-order valence-electron chi connectivity index (χ3n) is 4.69. The van der Waals surface area contributed by atoms with Crippen molar-refractivity contribution in [1.29, 1.82) is 0 Å². The number of benzene rings is 1. The van der Waals surface area contributed by atoms with Crippen LogP contribution in [0.5, 0.6) is 5.75 Å². The normalized spacial score (nSPS) is 23.9. The van der Waals surface area contributed by atoms with Gasteiger partial charge in [-0.15, -0.1) is 0 Å². The number of carbonyl (C=O) groups excluding carboxylic acids is 2. The van der Waals surface area contributed by atoms with Crippen molar-refractivity contribution < 1.29 is 19.1 Å². The molecule has 0 saturated carbocycles. The number of aryl methyl sites for hydroxylation is 1. The minimum Gasteiger partial charge on any atom is -0.490 e. The highest BCUT2D eigenvalue weighted by Crippen LogP contribution is 2.33. The van der Waals surface area contributed by atoms with Gasteiger partial charge in [0.05, 0.1) is 12.1 Å². The van der Waals surface area contributed by atoms with Crippen LogP contribution in [0.15, 0.2) is 24.3 Å². The summed E-state index contributed by atoms with van der Waals surface area (Å²) in [6.45, 7) is 2.66. The summed E-state index contributed by atoms with van der Waals surface area (Å²) in [6, 6.07) is 8.23. The highest BCUT2D eigenvalue weighted by atomic mass is 32.2. The Bertz CT molecular complexity index is 622. The minimum absolute atomic E-state index is 0.0540. The Kier molecular flexibility index (Phi) is 6.66. The van der Waals surface area contributed by atoms with Crippen molar-refractivity contribution in [3.8, 4) is 5.75 Å².